The Kier molecular flexibility index (Phi) is 6.24. The van der Waals surface area contributed by atoms with Gasteiger partial charge in [-0.15, -0.1) is 0 Å². The van der Waals surface area contributed by atoms with Crippen LogP contribution in [0.15, 0.2) is 41.3 Å². The molecule has 0 radical (unpaired) electrons. The maximum Gasteiger partial charge on any atom is 0.246 e. The third-order valence-corrected chi connectivity index (χ3v) is 7.13. The van der Waals surface area contributed by atoms with Crippen LogP contribution in [0, 0.1) is 25.6 Å². The summed E-state index contributed by atoms with van der Waals surface area (Å²) >= 11 is 0. The highest BCUT2D eigenvalue weighted by Crippen LogP contribution is 2.30. The summed E-state index contributed by atoms with van der Waals surface area (Å²) in [5.74, 6) is -0.942. The Balaban J connectivity index is 1.68. The van der Waals surface area contributed by atoms with Crippen LogP contribution in [0.5, 0.6) is 5.75 Å². The zero-order valence-electron chi connectivity index (χ0n) is 16.7. The number of anilines is 1. The number of benzene rings is 2. The third-order valence-electron chi connectivity index (χ3n) is 5.21. The Morgan fingerprint density at radius 1 is 1.14 bits per heavy atom. The van der Waals surface area contributed by atoms with E-state index < -0.39 is 15.8 Å². The zero-order valence-corrected chi connectivity index (χ0v) is 17.6. The topological polar surface area (TPSA) is 75.7 Å². The first-order valence-electron chi connectivity index (χ1n) is 9.44. The van der Waals surface area contributed by atoms with Crippen molar-refractivity contribution in [3.63, 3.8) is 0 Å². The number of hydrogen-bond acceptors (Lipinski definition) is 4. The predicted octanol–water partition coefficient (Wildman–Crippen LogP) is 3.49. The van der Waals surface area contributed by atoms with Gasteiger partial charge in [-0.1, -0.05) is 17.7 Å². The highest BCUT2D eigenvalue weighted by atomic mass is 32.2. The molecule has 1 aliphatic heterocycles. The number of piperidine rings is 1. The van der Waals surface area contributed by atoms with E-state index in [9.17, 15) is 17.6 Å². The van der Waals surface area contributed by atoms with Crippen LogP contribution in [-0.4, -0.2) is 38.8 Å². The lowest BCUT2D eigenvalue weighted by Gasteiger charge is -2.31. The van der Waals surface area contributed by atoms with Gasteiger partial charge in [0, 0.05) is 24.7 Å². The number of carbonyl (C=O) groups excluding carboxylic acids is 1. The molecule has 1 heterocycles. The predicted molar refractivity (Wildman–Crippen MR) is 109 cm³/mol. The minimum absolute atomic E-state index is 0.0983. The minimum Gasteiger partial charge on any atom is -0.495 e. The molecule has 2 aromatic rings. The van der Waals surface area contributed by atoms with Crippen LogP contribution in [0.4, 0.5) is 10.1 Å². The first kappa shape index (κ1) is 21.3. The monoisotopic (exact) mass is 420 g/mol. The second kappa shape index (κ2) is 8.51. The fourth-order valence-corrected chi connectivity index (χ4v) is 5.18. The second-order valence-corrected chi connectivity index (χ2v) is 9.19. The minimum atomic E-state index is -3.91. The second-order valence-electron chi connectivity index (χ2n) is 7.28. The molecule has 2 aromatic carbocycles. The summed E-state index contributed by atoms with van der Waals surface area (Å²) in [6.07, 6.45) is 0.793. The summed E-state index contributed by atoms with van der Waals surface area (Å²) < 4.78 is 45.9. The summed E-state index contributed by atoms with van der Waals surface area (Å²) in [5, 5.41) is 2.94. The molecule has 1 fully saturated rings. The number of halogens is 1. The molecular formula is C21H25FN2O4S. The van der Waals surface area contributed by atoms with Crippen molar-refractivity contribution in [2.75, 3.05) is 25.5 Å². The van der Waals surface area contributed by atoms with Crippen LogP contribution < -0.4 is 10.1 Å². The van der Waals surface area contributed by atoms with Gasteiger partial charge in [0.2, 0.25) is 15.9 Å². The standard InChI is InChI=1S/C21H25FN2O4S/c1-14-4-6-18(15(2)12-14)23-21(25)16-8-10-24(11-9-16)29(26,27)20-13-17(22)5-7-19(20)28-3/h4-7,12-13,16H,8-11H2,1-3H3,(H,23,25). The number of hydrogen-bond donors (Lipinski definition) is 1. The molecule has 8 heteroatoms. The smallest absolute Gasteiger partial charge is 0.246 e. The first-order chi connectivity index (χ1) is 13.7. The summed E-state index contributed by atoms with van der Waals surface area (Å²) in [6, 6.07) is 9.22. The lowest BCUT2D eigenvalue weighted by Crippen LogP contribution is -2.41. The van der Waals surface area contributed by atoms with Gasteiger partial charge in [0.05, 0.1) is 7.11 Å². The molecule has 0 saturated carbocycles. The molecular weight excluding hydrogens is 395 g/mol. The van der Waals surface area contributed by atoms with E-state index >= 15 is 0 Å². The summed E-state index contributed by atoms with van der Waals surface area (Å²) in [7, 11) is -2.57. The van der Waals surface area contributed by atoms with Gasteiger partial charge in [0.25, 0.3) is 0 Å². The fourth-order valence-electron chi connectivity index (χ4n) is 3.54. The number of ether oxygens (including phenoxy) is 1. The summed E-state index contributed by atoms with van der Waals surface area (Å²) in [6.45, 7) is 4.30. The van der Waals surface area contributed by atoms with Gasteiger partial charge in [0.1, 0.15) is 16.5 Å². The van der Waals surface area contributed by atoms with Gasteiger partial charge in [-0.2, -0.15) is 4.31 Å². The molecule has 1 aliphatic rings. The molecule has 0 aromatic heterocycles. The number of rotatable bonds is 5. The van der Waals surface area contributed by atoms with Crippen molar-refractivity contribution in [3.8, 4) is 5.75 Å². The molecule has 0 unspecified atom stereocenters. The molecule has 0 atom stereocenters. The van der Waals surface area contributed by atoms with Crippen molar-refractivity contribution < 1.29 is 22.3 Å². The van der Waals surface area contributed by atoms with Crippen molar-refractivity contribution in [1.82, 2.24) is 4.31 Å². The Morgan fingerprint density at radius 3 is 2.45 bits per heavy atom. The largest absolute Gasteiger partial charge is 0.495 e. The van der Waals surface area contributed by atoms with E-state index in [2.05, 4.69) is 5.32 Å². The van der Waals surface area contributed by atoms with Gasteiger partial charge in [-0.05, 0) is 56.5 Å². The van der Waals surface area contributed by atoms with Gasteiger partial charge < -0.3 is 10.1 Å². The van der Waals surface area contributed by atoms with E-state index in [0.29, 0.717) is 12.8 Å². The summed E-state index contributed by atoms with van der Waals surface area (Å²) in [4.78, 5) is 12.4. The molecule has 1 N–H and O–H groups in total. The maximum absolute atomic E-state index is 13.6. The van der Waals surface area contributed by atoms with E-state index in [4.69, 9.17) is 4.74 Å². The molecule has 0 aliphatic carbocycles. The maximum atomic E-state index is 13.6. The molecule has 6 nitrogen and oxygen atoms in total. The number of nitrogens with one attached hydrogen (secondary N) is 1. The van der Waals surface area contributed by atoms with Gasteiger partial charge in [-0.25, -0.2) is 12.8 Å². The quantitative estimate of drug-likeness (QED) is 0.803. The number of carbonyl (C=O) groups is 1. The summed E-state index contributed by atoms with van der Waals surface area (Å²) in [5.41, 5.74) is 2.86. The fraction of sp³-hybridized carbons (Fsp3) is 0.381. The SMILES string of the molecule is COc1ccc(F)cc1S(=O)(=O)N1CCC(C(=O)Nc2ccc(C)cc2C)CC1. The van der Waals surface area contributed by atoms with E-state index in [1.54, 1.807) is 0 Å². The highest BCUT2D eigenvalue weighted by Gasteiger charge is 2.34. The number of methoxy groups -OCH3 is 1. The van der Waals surface area contributed by atoms with Gasteiger partial charge in [-0.3, -0.25) is 4.79 Å². The lowest BCUT2D eigenvalue weighted by atomic mass is 9.97. The van der Waals surface area contributed by atoms with Gasteiger partial charge in [0.15, 0.2) is 0 Å². The van der Waals surface area contributed by atoms with Crippen molar-refractivity contribution >= 4 is 21.6 Å². The average Bonchev–Trinajstić information content (AvgIpc) is 2.70. The number of aryl methyl sites for hydroxylation is 2. The molecule has 0 bridgehead atoms. The zero-order chi connectivity index (χ0) is 21.2. The van der Waals surface area contributed by atoms with E-state index in [1.165, 1.54) is 17.5 Å². The lowest BCUT2D eigenvalue weighted by molar-refractivity contribution is -0.120. The van der Waals surface area contributed by atoms with E-state index in [-0.39, 0.29) is 35.6 Å². The van der Waals surface area contributed by atoms with Crippen LogP contribution in [0.25, 0.3) is 0 Å². The van der Waals surface area contributed by atoms with Crippen LogP contribution in [0.3, 0.4) is 0 Å². The van der Waals surface area contributed by atoms with Crippen molar-refractivity contribution in [3.05, 3.63) is 53.3 Å². The number of amides is 1. The van der Waals surface area contributed by atoms with Crippen LogP contribution in [0.1, 0.15) is 24.0 Å². The van der Waals surface area contributed by atoms with E-state index in [0.717, 1.165) is 28.9 Å². The van der Waals surface area contributed by atoms with Crippen molar-refractivity contribution in [2.24, 2.45) is 5.92 Å². The average molecular weight is 421 g/mol. The van der Waals surface area contributed by atoms with Gasteiger partial charge >= 0.3 is 0 Å². The molecule has 1 saturated heterocycles. The Labute approximate surface area is 170 Å². The van der Waals surface area contributed by atoms with Crippen molar-refractivity contribution in [1.29, 1.82) is 0 Å². The molecule has 29 heavy (non-hydrogen) atoms. The Bertz CT molecular complexity index is 1020. The highest BCUT2D eigenvalue weighted by molar-refractivity contribution is 7.89. The van der Waals surface area contributed by atoms with Crippen LogP contribution >= 0.6 is 0 Å². The normalized spacial score (nSPS) is 15.9. The number of nitrogens with zero attached hydrogens (tertiary/aromatic N) is 1. The molecule has 156 valence electrons. The molecule has 1 amide bonds. The molecule has 3 rings (SSSR count). The molecule has 0 spiro atoms. The number of sulfonamides is 1. The van der Waals surface area contributed by atoms with E-state index in [1.807, 2.05) is 32.0 Å². The third kappa shape index (κ3) is 4.59. The van der Waals surface area contributed by atoms with Crippen LogP contribution in [0.2, 0.25) is 0 Å². The van der Waals surface area contributed by atoms with Crippen LogP contribution in [-0.2, 0) is 14.8 Å². The Hall–Kier alpha value is -2.45. The first-order valence-corrected chi connectivity index (χ1v) is 10.9. The van der Waals surface area contributed by atoms with Crippen molar-refractivity contribution in [2.45, 2.75) is 31.6 Å². The Morgan fingerprint density at radius 2 is 1.83 bits per heavy atom.